The molecule has 4 heterocycles. The van der Waals surface area contributed by atoms with E-state index in [1.54, 1.807) is 0 Å². The zero-order valence-corrected chi connectivity index (χ0v) is 3.65. The predicted molar refractivity (Wildman–Crippen MR) is 22.1 cm³/mol. The third-order valence-corrected chi connectivity index (χ3v) is 8.43. The van der Waals surface area contributed by atoms with Crippen LogP contribution in [-0.2, 0) is 0 Å². The van der Waals surface area contributed by atoms with Crippen molar-refractivity contribution in [2.75, 3.05) is 0 Å². The fraction of sp³-hybridized carbons (Fsp3) is 1.00. The van der Waals surface area contributed by atoms with Crippen LogP contribution in [0.4, 0.5) is 0 Å². The largest absolute Gasteiger partial charge is 0.152 e. The first kappa shape index (κ1) is 1.50. The molecule has 0 aliphatic carbocycles. The van der Waals surface area contributed by atoms with E-state index in [0.717, 1.165) is 0 Å². The molecule has 1 spiro atoms. The average Bonchev–Trinajstić information content (AvgIpc) is 1.26. The van der Waals surface area contributed by atoms with Gasteiger partial charge in [0.25, 0.3) is 0 Å². The molecular weight excluding hydrogens is 79.0 g/mol. The summed E-state index contributed by atoms with van der Waals surface area (Å²) < 4.78 is 0. The van der Waals surface area contributed by atoms with Crippen molar-refractivity contribution in [2.45, 2.75) is 22.6 Å². The van der Waals surface area contributed by atoms with Gasteiger partial charge in [0.1, 0.15) is 0 Å². The molecule has 4 rings (SSSR count). The van der Waals surface area contributed by atoms with E-state index >= 15 is 0 Å². The van der Waals surface area contributed by atoms with E-state index in [9.17, 15) is 0 Å². The van der Waals surface area contributed by atoms with Gasteiger partial charge >= 0.3 is 0 Å². The van der Waals surface area contributed by atoms with Crippen molar-refractivity contribution in [3.05, 3.63) is 0 Å². The summed E-state index contributed by atoms with van der Waals surface area (Å²) in [6, 6.07) is 0. The maximum atomic E-state index is 1.47. The smallest absolute Gasteiger partial charge is 0.0601 e. The number of fused-ring (bicyclic) bond motifs is 4. The molecule has 4 aliphatic rings. The Bertz CT molecular complexity index is 106. The maximum Gasteiger partial charge on any atom is 0.152 e. The van der Waals surface area contributed by atoms with Crippen LogP contribution in [0.1, 0.15) is 0 Å². The highest BCUT2D eigenvalue weighted by Crippen LogP contribution is 3.38. The molecule has 0 unspecified atom stereocenters. The van der Waals surface area contributed by atoms with E-state index in [0.29, 0.717) is 0 Å². The van der Waals surface area contributed by atoms with Gasteiger partial charge in [0.2, 0.25) is 0 Å². The Kier molecular flexibility index (Phi) is 0.0460. The van der Waals surface area contributed by atoms with Crippen LogP contribution in [0.2, 0.25) is 0 Å². The molecule has 4 aliphatic heterocycles. The fourth-order valence-electron chi connectivity index (χ4n) is 2.35. The van der Waals surface area contributed by atoms with Crippen LogP contribution in [0.15, 0.2) is 0 Å². The molecule has 0 radical (unpaired) electrons. The normalized spacial score (nSPS) is 125. The van der Waals surface area contributed by atoms with Gasteiger partial charge in [-0.15, -0.1) is 0 Å². The van der Waals surface area contributed by atoms with Gasteiger partial charge in [0, 0.05) is 0 Å². The summed E-state index contributed by atoms with van der Waals surface area (Å²) >= 11 is 0. The van der Waals surface area contributed by atoms with E-state index in [-0.39, 0.29) is 7.26 Å². The van der Waals surface area contributed by atoms with E-state index in [4.69, 9.17) is 0 Å². The Morgan fingerprint density at radius 3 is 1.00 bits per heavy atom. The number of hydrogen-bond acceptors (Lipinski definition) is 0. The Balaban J connectivity index is 2.71. The monoisotopic (exact) mass is 83.0 g/mol. The molecule has 0 saturated carbocycles. The molecular formula is C4H4P+. The van der Waals surface area contributed by atoms with Crippen LogP contribution in [0.5, 0.6) is 0 Å². The van der Waals surface area contributed by atoms with Gasteiger partial charge in [-0.25, -0.2) is 0 Å². The highest BCUT2D eigenvalue weighted by atomic mass is 31.2. The van der Waals surface area contributed by atoms with E-state index in [2.05, 4.69) is 0 Å². The molecule has 0 amide bonds. The first-order valence-corrected chi connectivity index (χ1v) is 4.43. The molecule has 1 heteroatoms. The van der Waals surface area contributed by atoms with Crippen LogP contribution in [-0.4, -0.2) is 22.6 Å². The molecule has 0 nitrogen and oxygen atoms in total. The SMILES string of the molecule is C12C3C4C1[P+]234. The second kappa shape index (κ2) is 0.153. The molecule has 0 bridgehead atoms. The molecule has 0 aromatic carbocycles. The summed E-state index contributed by atoms with van der Waals surface area (Å²) in [6.07, 6.45) is 0. The Hall–Kier alpha value is 0.430. The zero-order chi connectivity index (χ0) is 2.81. The lowest BCUT2D eigenvalue weighted by Gasteiger charge is -1.85. The molecule has 0 N–H and O–H groups in total. The quantitative estimate of drug-likeness (QED) is 0.375. The average molecular weight is 83.0 g/mol. The Labute approximate surface area is 30.9 Å². The van der Waals surface area contributed by atoms with Gasteiger partial charge in [-0.05, 0) is 0 Å². The number of rotatable bonds is 0. The molecule has 4 saturated heterocycles. The van der Waals surface area contributed by atoms with E-state index in [1.165, 1.54) is 22.6 Å². The van der Waals surface area contributed by atoms with Crippen LogP contribution in [0, 0.1) is 0 Å². The van der Waals surface area contributed by atoms with E-state index in [1.807, 2.05) is 0 Å². The van der Waals surface area contributed by atoms with Gasteiger partial charge < -0.3 is 0 Å². The third kappa shape index (κ3) is 0.0249. The summed E-state index contributed by atoms with van der Waals surface area (Å²) in [5.74, 6) is 0. The number of hydrogen-bond donors (Lipinski definition) is 0. The van der Waals surface area contributed by atoms with Crippen molar-refractivity contribution in [3.63, 3.8) is 0 Å². The summed E-state index contributed by atoms with van der Waals surface area (Å²) in [6.45, 7) is 0. The van der Waals surface area contributed by atoms with Crippen LogP contribution >= 0.6 is 7.26 Å². The van der Waals surface area contributed by atoms with Gasteiger partial charge in [-0.1, -0.05) is 0 Å². The third-order valence-electron chi connectivity index (χ3n) is 3.11. The lowest BCUT2D eigenvalue weighted by atomic mass is 10.0. The lowest BCUT2D eigenvalue weighted by molar-refractivity contribution is 0.732. The molecule has 0 atom stereocenters. The fourth-order valence-corrected chi connectivity index (χ4v) is 8.69. The van der Waals surface area contributed by atoms with Crippen molar-refractivity contribution in [1.29, 1.82) is 0 Å². The van der Waals surface area contributed by atoms with Gasteiger partial charge in [0.05, 0.1) is 7.26 Å². The Morgan fingerprint density at radius 2 is 1.00 bits per heavy atom. The van der Waals surface area contributed by atoms with Crippen molar-refractivity contribution in [2.24, 2.45) is 0 Å². The minimum Gasteiger partial charge on any atom is 0.0601 e. The molecule has 24 valence electrons. The topological polar surface area (TPSA) is 0 Å². The summed E-state index contributed by atoms with van der Waals surface area (Å²) in [5, 5.41) is 0. The first-order chi connectivity index (χ1) is 2.49. The standard InChI is InChI=1S/C4H4P/c1-2-4-3(1)5(1,2)4/h1-4H/q+1. The van der Waals surface area contributed by atoms with Crippen molar-refractivity contribution in [3.8, 4) is 0 Å². The molecule has 0 aromatic heterocycles. The van der Waals surface area contributed by atoms with Gasteiger partial charge in [-0.2, -0.15) is 0 Å². The predicted octanol–water partition coefficient (Wildman–Crippen LogP) is 0.533. The van der Waals surface area contributed by atoms with Crippen LogP contribution in [0.25, 0.3) is 0 Å². The minimum atomic E-state index is 0.278. The highest BCUT2D eigenvalue weighted by Gasteiger charge is 3.36. The highest BCUT2D eigenvalue weighted by molar-refractivity contribution is 8.11. The molecule has 0 aromatic rings. The summed E-state index contributed by atoms with van der Waals surface area (Å²) in [7, 11) is 0.278. The summed E-state index contributed by atoms with van der Waals surface area (Å²) in [4.78, 5) is 0. The lowest BCUT2D eigenvalue weighted by Crippen LogP contribution is -2.20. The van der Waals surface area contributed by atoms with Gasteiger partial charge in [0.15, 0.2) is 22.6 Å². The van der Waals surface area contributed by atoms with Crippen LogP contribution < -0.4 is 0 Å². The second-order valence-corrected chi connectivity index (χ2v) is 7.03. The molecule has 5 heavy (non-hydrogen) atoms. The van der Waals surface area contributed by atoms with E-state index < -0.39 is 0 Å². The second-order valence-electron chi connectivity index (χ2n) is 2.86. The minimum absolute atomic E-state index is 0.278. The maximum absolute atomic E-state index is 1.47. The van der Waals surface area contributed by atoms with Crippen molar-refractivity contribution < 1.29 is 0 Å². The Morgan fingerprint density at radius 1 is 0.800 bits per heavy atom. The first-order valence-electron chi connectivity index (χ1n) is 2.37. The summed E-state index contributed by atoms with van der Waals surface area (Å²) in [5.41, 5.74) is 5.86. The molecule has 4 fully saturated rings. The van der Waals surface area contributed by atoms with Crippen molar-refractivity contribution >= 4 is 7.26 Å². The van der Waals surface area contributed by atoms with Crippen LogP contribution in [0.3, 0.4) is 0 Å². The zero-order valence-electron chi connectivity index (χ0n) is 2.76. The van der Waals surface area contributed by atoms with Gasteiger partial charge in [-0.3, -0.25) is 0 Å². The van der Waals surface area contributed by atoms with Crippen molar-refractivity contribution in [1.82, 2.24) is 0 Å².